The van der Waals surface area contributed by atoms with Crippen LogP contribution in [-0.4, -0.2) is 45.0 Å². The van der Waals surface area contributed by atoms with Crippen LogP contribution in [0.2, 0.25) is 4.47 Å². The molecule has 0 saturated carbocycles. The molecule has 0 aliphatic carbocycles. The average molecular weight is 298 g/mol. The molecule has 17 heavy (non-hydrogen) atoms. The molecule has 98 valence electrons. The van der Waals surface area contributed by atoms with Crippen LogP contribution in [0.15, 0.2) is 10.4 Å². The number of rotatable bonds is 6. The number of aromatic nitrogens is 1. The van der Waals surface area contributed by atoms with E-state index in [1.165, 1.54) is 6.20 Å². The summed E-state index contributed by atoms with van der Waals surface area (Å²) in [6.07, 6.45) is 2.02. The lowest BCUT2D eigenvalue weighted by atomic mass is 10.2. The van der Waals surface area contributed by atoms with Gasteiger partial charge in [-0.05, 0) is 34.0 Å². The van der Waals surface area contributed by atoms with Crippen LogP contribution in [0.1, 0.15) is 13.3 Å². The first-order chi connectivity index (χ1) is 7.81. The van der Waals surface area contributed by atoms with Gasteiger partial charge in [-0.25, -0.2) is 18.1 Å². The van der Waals surface area contributed by atoms with E-state index in [1.54, 1.807) is 0 Å². The minimum absolute atomic E-state index is 0.122. The molecule has 8 heteroatoms. The van der Waals surface area contributed by atoms with Crippen LogP contribution in [0.25, 0.3) is 0 Å². The number of thiazole rings is 1. The number of halogens is 1. The van der Waals surface area contributed by atoms with Gasteiger partial charge in [-0.15, -0.1) is 0 Å². The van der Waals surface area contributed by atoms with Gasteiger partial charge < -0.3 is 4.90 Å². The van der Waals surface area contributed by atoms with Gasteiger partial charge in [0.1, 0.15) is 0 Å². The summed E-state index contributed by atoms with van der Waals surface area (Å²) < 4.78 is 26.8. The van der Waals surface area contributed by atoms with Gasteiger partial charge in [0.15, 0.2) is 8.68 Å². The smallest absolute Gasteiger partial charge is 0.251 e. The van der Waals surface area contributed by atoms with E-state index in [9.17, 15) is 8.42 Å². The largest absolute Gasteiger partial charge is 0.309 e. The van der Waals surface area contributed by atoms with Crippen molar-refractivity contribution in [3.05, 3.63) is 10.7 Å². The Balaban J connectivity index is 2.61. The fourth-order valence-corrected chi connectivity index (χ4v) is 3.78. The van der Waals surface area contributed by atoms with E-state index >= 15 is 0 Å². The van der Waals surface area contributed by atoms with Crippen molar-refractivity contribution in [2.24, 2.45) is 0 Å². The molecule has 0 saturated heterocycles. The number of nitrogens with zero attached hydrogens (tertiary/aromatic N) is 2. The van der Waals surface area contributed by atoms with Crippen LogP contribution in [0.4, 0.5) is 0 Å². The molecule has 0 amide bonds. The van der Waals surface area contributed by atoms with Crippen molar-refractivity contribution in [3.8, 4) is 0 Å². The second-order valence-electron chi connectivity index (χ2n) is 4.05. The van der Waals surface area contributed by atoms with Gasteiger partial charge in [0, 0.05) is 6.04 Å². The van der Waals surface area contributed by atoms with Crippen molar-refractivity contribution in [1.29, 1.82) is 0 Å². The van der Waals surface area contributed by atoms with E-state index in [-0.39, 0.29) is 14.7 Å². The third-order valence-corrected chi connectivity index (χ3v) is 5.25. The van der Waals surface area contributed by atoms with E-state index in [4.69, 9.17) is 11.6 Å². The van der Waals surface area contributed by atoms with Crippen molar-refractivity contribution in [2.45, 2.75) is 23.6 Å². The molecule has 1 heterocycles. The van der Waals surface area contributed by atoms with Crippen LogP contribution in [0, 0.1) is 0 Å². The summed E-state index contributed by atoms with van der Waals surface area (Å²) in [7, 11) is 0.414. The Bertz CT molecular complexity index is 459. The van der Waals surface area contributed by atoms with Gasteiger partial charge in [0.2, 0.25) is 0 Å². The molecule has 0 spiro atoms. The second kappa shape index (κ2) is 6.10. The summed E-state index contributed by atoms with van der Waals surface area (Å²) in [5.41, 5.74) is 0. The molecule has 1 unspecified atom stereocenters. The molecule has 1 rings (SSSR count). The Labute approximate surface area is 111 Å². The Morgan fingerprint density at radius 1 is 1.59 bits per heavy atom. The molecule has 1 N–H and O–H groups in total. The average Bonchev–Trinajstić information content (AvgIpc) is 2.62. The van der Waals surface area contributed by atoms with E-state index < -0.39 is 10.0 Å². The highest BCUT2D eigenvalue weighted by atomic mass is 35.5. The van der Waals surface area contributed by atoms with Gasteiger partial charge in [-0.1, -0.05) is 22.9 Å². The van der Waals surface area contributed by atoms with E-state index in [2.05, 4.69) is 9.71 Å². The minimum Gasteiger partial charge on any atom is -0.309 e. The lowest BCUT2D eigenvalue weighted by molar-refractivity contribution is 0.379. The van der Waals surface area contributed by atoms with Crippen molar-refractivity contribution in [1.82, 2.24) is 14.6 Å². The van der Waals surface area contributed by atoms with Crippen LogP contribution < -0.4 is 4.72 Å². The zero-order valence-electron chi connectivity index (χ0n) is 9.97. The fraction of sp³-hybridized carbons (Fsp3) is 0.667. The molecule has 0 aliphatic heterocycles. The third-order valence-electron chi connectivity index (χ3n) is 2.09. The first-order valence-electron chi connectivity index (χ1n) is 5.09. The molecular formula is C9H16ClN3O2S2. The van der Waals surface area contributed by atoms with Crippen molar-refractivity contribution < 1.29 is 8.42 Å². The van der Waals surface area contributed by atoms with Crippen molar-refractivity contribution in [3.63, 3.8) is 0 Å². The first-order valence-corrected chi connectivity index (χ1v) is 7.77. The van der Waals surface area contributed by atoms with Crippen LogP contribution in [-0.2, 0) is 10.0 Å². The number of sulfonamides is 1. The maximum atomic E-state index is 11.9. The molecular weight excluding hydrogens is 282 g/mol. The van der Waals surface area contributed by atoms with Crippen LogP contribution in [0.5, 0.6) is 0 Å². The maximum Gasteiger partial charge on any atom is 0.251 e. The van der Waals surface area contributed by atoms with Crippen LogP contribution >= 0.6 is 22.9 Å². The lowest BCUT2D eigenvalue weighted by Crippen LogP contribution is -2.34. The van der Waals surface area contributed by atoms with Gasteiger partial charge in [0.05, 0.1) is 6.20 Å². The summed E-state index contributed by atoms with van der Waals surface area (Å²) in [6, 6.07) is -0.122. The molecule has 5 nitrogen and oxygen atoms in total. The lowest BCUT2D eigenvalue weighted by Gasteiger charge is -2.15. The highest BCUT2D eigenvalue weighted by Gasteiger charge is 2.20. The molecule has 1 aromatic heterocycles. The summed E-state index contributed by atoms with van der Waals surface area (Å²) >= 11 is 6.57. The molecule has 0 bridgehead atoms. The Kier molecular flexibility index (Phi) is 5.33. The monoisotopic (exact) mass is 297 g/mol. The van der Waals surface area contributed by atoms with E-state index in [0.29, 0.717) is 0 Å². The van der Waals surface area contributed by atoms with Crippen molar-refractivity contribution in [2.75, 3.05) is 20.6 Å². The summed E-state index contributed by atoms with van der Waals surface area (Å²) in [5.74, 6) is 0. The van der Waals surface area contributed by atoms with Crippen LogP contribution in [0.3, 0.4) is 0 Å². The first kappa shape index (κ1) is 14.8. The Hall–Kier alpha value is -0.210. The van der Waals surface area contributed by atoms with Gasteiger partial charge in [-0.3, -0.25) is 0 Å². The summed E-state index contributed by atoms with van der Waals surface area (Å²) in [6.45, 7) is 2.66. The predicted octanol–water partition coefficient (Wildman–Crippen LogP) is 1.42. The predicted molar refractivity (Wildman–Crippen MR) is 70.1 cm³/mol. The van der Waals surface area contributed by atoms with Gasteiger partial charge in [-0.2, -0.15) is 0 Å². The topological polar surface area (TPSA) is 62.3 Å². The second-order valence-corrected chi connectivity index (χ2v) is 7.60. The molecule has 0 aromatic carbocycles. The Morgan fingerprint density at radius 2 is 2.24 bits per heavy atom. The standard InChI is InChI=1S/C9H16ClN3O2S2/c1-7(4-5-13(2)3)12-17(14,15)8-6-11-9(10)16-8/h6-7,12H,4-5H2,1-3H3. The minimum atomic E-state index is -3.48. The summed E-state index contributed by atoms with van der Waals surface area (Å²) in [5, 5.41) is 0. The highest BCUT2D eigenvalue weighted by Crippen LogP contribution is 2.22. The fourth-order valence-electron chi connectivity index (χ4n) is 1.20. The number of hydrogen-bond acceptors (Lipinski definition) is 5. The quantitative estimate of drug-likeness (QED) is 0.862. The molecule has 0 fully saturated rings. The normalized spacial score (nSPS) is 14.2. The number of hydrogen-bond donors (Lipinski definition) is 1. The zero-order chi connectivity index (χ0) is 13.1. The zero-order valence-corrected chi connectivity index (χ0v) is 12.4. The molecule has 0 radical (unpaired) electrons. The summed E-state index contributed by atoms with van der Waals surface area (Å²) in [4.78, 5) is 5.73. The van der Waals surface area contributed by atoms with Crippen molar-refractivity contribution >= 4 is 33.0 Å². The SMILES string of the molecule is CC(CCN(C)C)NS(=O)(=O)c1cnc(Cl)s1. The molecule has 0 aliphatic rings. The number of nitrogens with one attached hydrogen (secondary N) is 1. The maximum absolute atomic E-state index is 11.9. The van der Waals surface area contributed by atoms with Gasteiger partial charge >= 0.3 is 0 Å². The third kappa shape index (κ3) is 4.89. The van der Waals surface area contributed by atoms with E-state index in [1.807, 2.05) is 25.9 Å². The van der Waals surface area contributed by atoms with E-state index in [0.717, 1.165) is 24.3 Å². The molecule has 1 atom stereocenters. The Morgan fingerprint density at radius 3 is 2.71 bits per heavy atom. The van der Waals surface area contributed by atoms with Gasteiger partial charge in [0.25, 0.3) is 10.0 Å². The molecule has 1 aromatic rings. The highest BCUT2D eigenvalue weighted by molar-refractivity contribution is 7.91.